The first kappa shape index (κ1) is 22.6. The van der Waals surface area contributed by atoms with Crippen LogP contribution < -0.4 is 4.74 Å². The van der Waals surface area contributed by atoms with Crippen molar-refractivity contribution < 1.29 is 27.4 Å². The summed E-state index contributed by atoms with van der Waals surface area (Å²) in [5.41, 5.74) is 1.38. The molecule has 0 radical (unpaired) electrons. The second-order valence-corrected chi connectivity index (χ2v) is 9.32. The van der Waals surface area contributed by atoms with Crippen molar-refractivity contribution in [1.82, 2.24) is 4.31 Å². The summed E-state index contributed by atoms with van der Waals surface area (Å²) in [6.45, 7) is 4.76. The first-order valence-corrected chi connectivity index (χ1v) is 11.4. The average Bonchev–Trinajstić information content (AvgIpc) is 2.74. The summed E-state index contributed by atoms with van der Waals surface area (Å²) in [6.07, 6.45) is -0.829. The normalized spacial score (nSPS) is 16.1. The Balaban J connectivity index is 1.61. The minimum absolute atomic E-state index is 0.0569. The highest BCUT2D eigenvalue weighted by Crippen LogP contribution is 2.23. The number of ether oxygens (including phenoxy) is 3. The molecule has 0 N–H and O–H groups in total. The maximum Gasteiger partial charge on any atom is 0.347 e. The summed E-state index contributed by atoms with van der Waals surface area (Å²) in [5, 5.41) is 0.585. The van der Waals surface area contributed by atoms with E-state index in [0.29, 0.717) is 42.6 Å². The van der Waals surface area contributed by atoms with Crippen LogP contribution in [0.15, 0.2) is 47.4 Å². The third kappa shape index (κ3) is 5.51. The van der Waals surface area contributed by atoms with Crippen molar-refractivity contribution in [2.45, 2.75) is 31.5 Å². The lowest BCUT2D eigenvalue weighted by Gasteiger charge is -2.26. The maximum atomic E-state index is 12.8. The van der Waals surface area contributed by atoms with Gasteiger partial charge in [0.05, 0.1) is 18.1 Å². The Morgan fingerprint density at radius 1 is 1.20 bits per heavy atom. The van der Waals surface area contributed by atoms with E-state index in [4.69, 9.17) is 25.8 Å². The van der Waals surface area contributed by atoms with Crippen molar-refractivity contribution in [3.05, 3.63) is 58.6 Å². The molecule has 7 nitrogen and oxygen atoms in total. The second kappa shape index (κ2) is 9.78. The van der Waals surface area contributed by atoms with Crippen molar-refractivity contribution in [2.75, 3.05) is 26.3 Å². The van der Waals surface area contributed by atoms with E-state index >= 15 is 0 Å². The molecule has 162 valence electrons. The second-order valence-electron chi connectivity index (χ2n) is 6.94. The SMILES string of the molecule is Cc1cc(Cl)ccc1O[C@H](C)C(=O)OCc1cccc(S(=O)(=O)N2CCOCC2)c1. The third-order valence-electron chi connectivity index (χ3n) is 4.66. The van der Waals surface area contributed by atoms with Gasteiger partial charge in [0, 0.05) is 18.1 Å². The largest absolute Gasteiger partial charge is 0.479 e. The van der Waals surface area contributed by atoms with Gasteiger partial charge in [-0.3, -0.25) is 0 Å². The highest BCUT2D eigenvalue weighted by molar-refractivity contribution is 7.89. The summed E-state index contributed by atoms with van der Waals surface area (Å²) in [6, 6.07) is 11.5. The quantitative estimate of drug-likeness (QED) is 0.599. The van der Waals surface area contributed by atoms with Gasteiger partial charge in [0.25, 0.3) is 0 Å². The lowest BCUT2D eigenvalue weighted by Crippen LogP contribution is -2.40. The molecule has 0 unspecified atom stereocenters. The number of carbonyl (C=O) groups excluding carboxylic acids is 1. The molecule has 1 heterocycles. The maximum absolute atomic E-state index is 12.8. The first-order chi connectivity index (χ1) is 14.3. The van der Waals surface area contributed by atoms with E-state index in [1.165, 1.54) is 16.4 Å². The molecule has 2 aromatic rings. The van der Waals surface area contributed by atoms with Crippen LogP contribution in [0.25, 0.3) is 0 Å². The molecular weight excluding hydrogens is 430 g/mol. The highest BCUT2D eigenvalue weighted by Gasteiger charge is 2.26. The van der Waals surface area contributed by atoms with Crippen molar-refractivity contribution in [2.24, 2.45) is 0 Å². The number of aryl methyl sites for hydroxylation is 1. The fraction of sp³-hybridized carbons (Fsp3) is 0.381. The molecule has 0 spiro atoms. The molecule has 30 heavy (non-hydrogen) atoms. The van der Waals surface area contributed by atoms with E-state index in [0.717, 1.165) is 5.56 Å². The van der Waals surface area contributed by atoms with E-state index in [9.17, 15) is 13.2 Å². The predicted octanol–water partition coefficient (Wildman–Crippen LogP) is 3.18. The number of hydrogen-bond acceptors (Lipinski definition) is 6. The minimum Gasteiger partial charge on any atom is -0.479 e. The van der Waals surface area contributed by atoms with Gasteiger partial charge in [-0.1, -0.05) is 23.7 Å². The van der Waals surface area contributed by atoms with Crippen LogP contribution in [0, 0.1) is 6.92 Å². The van der Waals surface area contributed by atoms with Gasteiger partial charge in [-0.25, -0.2) is 13.2 Å². The van der Waals surface area contributed by atoms with Crippen LogP contribution in [0.3, 0.4) is 0 Å². The molecular formula is C21H24ClNO6S. The fourth-order valence-corrected chi connectivity index (χ4v) is 4.69. The smallest absolute Gasteiger partial charge is 0.347 e. The molecule has 1 fully saturated rings. The number of sulfonamides is 1. The number of halogens is 1. The van der Waals surface area contributed by atoms with E-state index < -0.39 is 22.1 Å². The summed E-state index contributed by atoms with van der Waals surface area (Å²) >= 11 is 5.93. The number of hydrogen-bond donors (Lipinski definition) is 0. The van der Waals surface area contributed by atoms with Crippen molar-refractivity contribution in [1.29, 1.82) is 0 Å². The van der Waals surface area contributed by atoms with Gasteiger partial charge in [-0.2, -0.15) is 4.31 Å². The lowest BCUT2D eigenvalue weighted by atomic mass is 10.2. The number of carbonyl (C=O) groups is 1. The van der Waals surface area contributed by atoms with Gasteiger partial charge in [0.2, 0.25) is 10.0 Å². The van der Waals surface area contributed by atoms with E-state index in [1.807, 2.05) is 6.92 Å². The Morgan fingerprint density at radius 2 is 1.93 bits per heavy atom. The molecule has 9 heteroatoms. The third-order valence-corrected chi connectivity index (χ3v) is 6.79. The number of benzene rings is 2. The van der Waals surface area contributed by atoms with Gasteiger partial charge in [0.1, 0.15) is 12.4 Å². The summed E-state index contributed by atoms with van der Waals surface area (Å²) in [7, 11) is -3.61. The molecule has 1 aliphatic rings. The van der Waals surface area contributed by atoms with Crippen LogP contribution in [-0.2, 0) is 30.9 Å². The van der Waals surface area contributed by atoms with E-state index in [2.05, 4.69) is 0 Å². The van der Waals surface area contributed by atoms with E-state index in [-0.39, 0.29) is 11.5 Å². The van der Waals surface area contributed by atoms with Gasteiger partial charge in [-0.15, -0.1) is 0 Å². The Morgan fingerprint density at radius 3 is 2.63 bits per heavy atom. The number of morpholine rings is 1. The van der Waals surface area contributed by atoms with Gasteiger partial charge >= 0.3 is 5.97 Å². The molecule has 1 aliphatic heterocycles. The zero-order valence-corrected chi connectivity index (χ0v) is 18.4. The predicted molar refractivity (Wildman–Crippen MR) is 112 cm³/mol. The molecule has 0 aromatic heterocycles. The Labute approximate surface area is 181 Å². The molecule has 2 aromatic carbocycles. The highest BCUT2D eigenvalue weighted by atomic mass is 35.5. The number of rotatable bonds is 7. The summed E-state index contributed by atoms with van der Waals surface area (Å²) < 4.78 is 43.1. The van der Waals surface area contributed by atoms with Crippen LogP contribution >= 0.6 is 11.6 Å². The number of esters is 1. The van der Waals surface area contributed by atoms with Crippen molar-refractivity contribution in [3.8, 4) is 5.75 Å². The molecule has 1 saturated heterocycles. The van der Waals surface area contributed by atoms with Gasteiger partial charge < -0.3 is 14.2 Å². The molecule has 0 amide bonds. The van der Waals surface area contributed by atoms with Crippen molar-refractivity contribution >= 4 is 27.6 Å². The topological polar surface area (TPSA) is 82.1 Å². The van der Waals surface area contributed by atoms with Crippen LogP contribution in [0.1, 0.15) is 18.1 Å². The van der Waals surface area contributed by atoms with Crippen LogP contribution in [0.5, 0.6) is 5.75 Å². The minimum atomic E-state index is -3.61. The Bertz CT molecular complexity index is 1000. The Hall–Kier alpha value is -2.13. The van der Waals surface area contributed by atoms with Crippen molar-refractivity contribution in [3.63, 3.8) is 0 Å². The fourth-order valence-electron chi connectivity index (χ4n) is 2.99. The van der Waals surface area contributed by atoms with Gasteiger partial charge in [0.15, 0.2) is 6.10 Å². The van der Waals surface area contributed by atoms with Crippen LogP contribution in [0.2, 0.25) is 5.02 Å². The Kier molecular flexibility index (Phi) is 7.36. The lowest BCUT2D eigenvalue weighted by molar-refractivity contribution is -0.152. The molecule has 0 bridgehead atoms. The molecule has 1 atom stereocenters. The monoisotopic (exact) mass is 453 g/mol. The van der Waals surface area contributed by atoms with Crippen LogP contribution in [0.4, 0.5) is 0 Å². The van der Waals surface area contributed by atoms with E-state index in [1.54, 1.807) is 37.3 Å². The zero-order chi connectivity index (χ0) is 21.7. The van der Waals surface area contributed by atoms with Crippen LogP contribution in [-0.4, -0.2) is 51.1 Å². The first-order valence-electron chi connectivity index (χ1n) is 9.53. The summed E-state index contributed by atoms with van der Waals surface area (Å²) in [4.78, 5) is 12.5. The molecule has 0 saturated carbocycles. The molecule has 0 aliphatic carbocycles. The standard InChI is InChI=1S/C21H24ClNO6S/c1-15-12-18(22)6-7-20(15)29-16(2)21(24)28-14-17-4-3-5-19(13-17)30(25,26)23-8-10-27-11-9-23/h3-7,12-13,16H,8-11,14H2,1-2H3/t16-/m1/s1. The summed E-state index contributed by atoms with van der Waals surface area (Å²) in [5.74, 6) is -0.00626. The number of nitrogens with zero attached hydrogens (tertiary/aromatic N) is 1. The van der Waals surface area contributed by atoms with Gasteiger partial charge in [-0.05, 0) is 55.3 Å². The average molecular weight is 454 g/mol. The molecule has 3 rings (SSSR count). The zero-order valence-electron chi connectivity index (χ0n) is 16.8.